The number of benzene rings is 2. The summed E-state index contributed by atoms with van der Waals surface area (Å²) in [7, 11) is -1.98. The van der Waals surface area contributed by atoms with Crippen LogP contribution in [0.4, 0.5) is 5.69 Å². The molecule has 98 valence electrons. The summed E-state index contributed by atoms with van der Waals surface area (Å²) in [6.07, 6.45) is 0. The molecule has 0 spiro atoms. The van der Waals surface area contributed by atoms with Gasteiger partial charge in [-0.15, -0.1) is 0 Å². The second-order valence-electron chi connectivity index (χ2n) is 4.16. The lowest BCUT2D eigenvalue weighted by Gasteiger charge is -2.22. The quantitative estimate of drug-likeness (QED) is 0.879. The standard InChI is InChI=1S/C13H10ClNO3S/c1-18-9-3-4-12-10(7-9)11-6-8(14)2-5-13(11)19(16,17)15-12/h2-7,15H,1H3. The third kappa shape index (κ3) is 1.95. The minimum atomic E-state index is -3.54. The van der Waals surface area contributed by atoms with Gasteiger partial charge in [0.1, 0.15) is 5.75 Å². The summed E-state index contributed by atoms with van der Waals surface area (Å²) in [4.78, 5) is 0.220. The number of sulfonamides is 1. The highest BCUT2D eigenvalue weighted by Gasteiger charge is 2.27. The molecule has 2 aromatic rings. The van der Waals surface area contributed by atoms with Gasteiger partial charge in [0.2, 0.25) is 0 Å². The number of hydrogen-bond acceptors (Lipinski definition) is 3. The molecule has 1 aliphatic heterocycles. The first-order valence-electron chi connectivity index (χ1n) is 5.52. The van der Waals surface area contributed by atoms with Gasteiger partial charge < -0.3 is 4.74 Å². The minimum absolute atomic E-state index is 0.220. The molecule has 0 aliphatic carbocycles. The fraction of sp³-hybridized carbons (Fsp3) is 0.0769. The fourth-order valence-electron chi connectivity index (χ4n) is 2.11. The maximum Gasteiger partial charge on any atom is 0.262 e. The molecule has 0 amide bonds. The Morgan fingerprint density at radius 1 is 1.11 bits per heavy atom. The molecular formula is C13H10ClNO3S. The topological polar surface area (TPSA) is 55.4 Å². The zero-order chi connectivity index (χ0) is 13.6. The lowest BCUT2D eigenvalue weighted by Crippen LogP contribution is -2.18. The first-order chi connectivity index (χ1) is 9.01. The molecule has 0 unspecified atom stereocenters. The molecule has 0 atom stereocenters. The van der Waals surface area contributed by atoms with Crippen LogP contribution in [0.15, 0.2) is 41.3 Å². The van der Waals surface area contributed by atoms with Gasteiger partial charge in [0.25, 0.3) is 10.0 Å². The maximum atomic E-state index is 12.1. The summed E-state index contributed by atoms with van der Waals surface area (Å²) in [5, 5.41) is 0.490. The third-order valence-corrected chi connectivity index (χ3v) is 4.65. The number of fused-ring (bicyclic) bond motifs is 3. The number of anilines is 1. The molecule has 0 saturated heterocycles. The van der Waals surface area contributed by atoms with Crippen LogP contribution in [0, 0.1) is 0 Å². The van der Waals surface area contributed by atoms with E-state index in [-0.39, 0.29) is 4.90 Å². The molecule has 2 aromatic carbocycles. The van der Waals surface area contributed by atoms with Gasteiger partial charge in [-0.3, -0.25) is 4.72 Å². The highest BCUT2D eigenvalue weighted by atomic mass is 35.5. The molecule has 0 bridgehead atoms. The Kier molecular flexibility index (Phi) is 2.69. The van der Waals surface area contributed by atoms with Crippen LogP contribution in [0.3, 0.4) is 0 Å². The first kappa shape index (κ1) is 12.3. The van der Waals surface area contributed by atoms with Crippen molar-refractivity contribution in [2.45, 2.75) is 4.90 Å². The number of rotatable bonds is 1. The van der Waals surface area contributed by atoms with Crippen molar-refractivity contribution in [1.82, 2.24) is 0 Å². The Bertz CT molecular complexity index is 771. The summed E-state index contributed by atoms with van der Waals surface area (Å²) < 4.78 is 31.9. The first-order valence-corrected chi connectivity index (χ1v) is 7.38. The molecule has 19 heavy (non-hydrogen) atoms. The van der Waals surface area contributed by atoms with Crippen LogP contribution in [0.5, 0.6) is 5.75 Å². The van der Waals surface area contributed by atoms with Gasteiger partial charge in [-0.25, -0.2) is 8.42 Å². The van der Waals surface area contributed by atoms with Crippen LogP contribution in [-0.4, -0.2) is 15.5 Å². The van der Waals surface area contributed by atoms with Crippen LogP contribution in [-0.2, 0) is 10.0 Å². The summed E-state index contributed by atoms with van der Waals surface area (Å²) in [5.41, 5.74) is 1.86. The van der Waals surface area contributed by atoms with Crippen molar-refractivity contribution in [2.24, 2.45) is 0 Å². The second-order valence-corrected chi connectivity index (χ2v) is 6.24. The second kappa shape index (κ2) is 4.15. The van der Waals surface area contributed by atoms with E-state index in [9.17, 15) is 8.42 Å². The zero-order valence-corrected chi connectivity index (χ0v) is 11.5. The van der Waals surface area contributed by atoms with Crippen molar-refractivity contribution in [3.63, 3.8) is 0 Å². The Hall–Kier alpha value is -1.72. The maximum absolute atomic E-state index is 12.1. The van der Waals surface area contributed by atoms with Crippen LogP contribution in [0.2, 0.25) is 5.02 Å². The van der Waals surface area contributed by atoms with Gasteiger partial charge >= 0.3 is 0 Å². The molecule has 1 heterocycles. The lowest BCUT2D eigenvalue weighted by atomic mass is 10.0. The molecule has 0 fully saturated rings. The van der Waals surface area contributed by atoms with Crippen LogP contribution >= 0.6 is 11.6 Å². The predicted octanol–water partition coefficient (Wildman–Crippen LogP) is 3.13. The van der Waals surface area contributed by atoms with Crippen molar-refractivity contribution in [3.05, 3.63) is 41.4 Å². The monoisotopic (exact) mass is 295 g/mol. The van der Waals surface area contributed by atoms with E-state index in [1.165, 1.54) is 6.07 Å². The fourth-order valence-corrected chi connectivity index (χ4v) is 3.56. The number of ether oxygens (including phenoxy) is 1. The molecule has 0 saturated carbocycles. The average Bonchev–Trinajstić information content (AvgIpc) is 2.37. The number of methoxy groups -OCH3 is 1. The van der Waals surface area contributed by atoms with Crippen molar-refractivity contribution in [2.75, 3.05) is 11.8 Å². The minimum Gasteiger partial charge on any atom is -0.497 e. The smallest absolute Gasteiger partial charge is 0.262 e. The van der Waals surface area contributed by atoms with Crippen LogP contribution < -0.4 is 9.46 Å². The van der Waals surface area contributed by atoms with E-state index in [1.54, 1.807) is 37.4 Å². The number of halogens is 1. The van der Waals surface area contributed by atoms with Crippen molar-refractivity contribution < 1.29 is 13.2 Å². The van der Waals surface area contributed by atoms with E-state index in [0.29, 0.717) is 22.0 Å². The highest BCUT2D eigenvalue weighted by Crippen LogP contribution is 2.41. The Balaban J connectivity index is 2.35. The summed E-state index contributed by atoms with van der Waals surface area (Å²) in [6, 6.07) is 9.87. The van der Waals surface area contributed by atoms with Gasteiger partial charge in [0.15, 0.2) is 0 Å². The highest BCUT2D eigenvalue weighted by molar-refractivity contribution is 7.93. The van der Waals surface area contributed by atoms with Crippen LogP contribution in [0.1, 0.15) is 0 Å². The number of hydrogen-bond donors (Lipinski definition) is 1. The van der Waals surface area contributed by atoms with E-state index in [1.807, 2.05) is 0 Å². The van der Waals surface area contributed by atoms with E-state index >= 15 is 0 Å². The van der Waals surface area contributed by atoms with Crippen LogP contribution in [0.25, 0.3) is 11.1 Å². The van der Waals surface area contributed by atoms with Crippen molar-refractivity contribution in [3.8, 4) is 16.9 Å². The van der Waals surface area contributed by atoms with Gasteiger partial charge in [-0.05, 0) is 36.4 Å². The molecule has 0 aromatic heterocycles. The Morgan fingerprint density at radius 2 is 1.89 bits per heavy atom. The normalized spacial score (nSPS) is 15.1. The average molecular weight is 296 g/mol. The van der Waals surface area contributed by atoms with E-state index in [4.69, 9.17) is 16.3 Å². The Morgan fingerprint density at radius 3 is 2.63 bits per heavy atom. The Labute approximate surface area is 116 Å². The molecule has 1 aliphatic rings. The third-order valence-electron chi connectivity index (χ3n) is 2.99. The summed E-state index contributed by atoms with van der Waals surface area (Å²) >= 11 is 5.96. The molecule has 6 heteroatoms. The van der Waals surface area contributed by atoms with Gasteiger partial charge in [0, 0.05) is 16.1 Å². The van der Waals surface area contributed by atoms with Gasteiger partial charge in [-0.1, -0.05) is 11.6 Å². The largest absolute Gasteiger partial charge is 0.497 e. The van der Waals surface area contributed by atoms with Gasteiger partial charge in [0.05, 0.1) is 17.7 Å². The molecule has 4 nitrogen and oxygen atoms in total. The number of nitrogens with one attached hydrogen (secondary N) is 1. The molecular weight excluding hydrogens is 286 g/mol. The lowest BCUT2D eigenvalue weighted by molar-refractivity contribution is 0.415. The van der Waals surface area contributed by atoms with Gasteiger partial charge in [-0.2, -0.15) is 0 Å². The van der Waals surface area contributed by atoms with E-state index < -0.39 is 10.0 Å². The summed E-state index contributed by atoms with van der Waals surface area (Å²) in [6.45, 7) is 0. The predicted molar refractivity (Wildman–Crippen MR) is 74.2 cm³/mol. The zero-order valence-electron chi connectivity index (χ0n) is 9.98. The summed E-state index contributed by atoms with van der Waals surface area (Å²) in [5.74, 6) is 0.658. The molecule has 3 rings (SSSR count). The van der Waals surface area contributed by atoms with Crippen molar-refractivity contribution in [1.29, 1.82) is 0 Å². The SMILES string of the molecule is COc1ccc2c(c1)-c1cc(Cl)ccc1S(=O)(=O)N2. The van der Waals surface area contributed by atoms with E-state index in [0.717, 1.165) is 5.56 Å². The molecule has 0 radical (unpaired) electrons. The molecule has 1 N–H and O–H groups in total. The van der Waals surface area contributed by atoms with E-state index in [2.05, 4.69) is 4.72 Å². The van der Waals surface area contributed by atoms with Crippen molar-refractivity contribution >= 4 is 27.3 Å².